The van der Waals surface area contributed by atoms with E-state index in [2.05, 4.69) is 18.7 Å². The zero-order chi connectivity index (χ0) is 24.5. The summed E-state index contributed by atoms with van der Waals surface area (Å²) in [6.07, 6.45) is 5.80. The standard InChI is InChI=1S/C25H43FN7O/c1-4-31-13-7-10-19(31)16-33(20-11-12-22(34-3)21(26)14-20)24(28)30-23(27)32(25(33)29)15-18-9-6-5-8-17(18)2/h11-12,14,17-19,24-25H,4-10,13,15-16,28-29H2,1-3H3,(H2,27,30)/q+1. The van der Waals surface area contributed by atoms with Gasteiger partial charge in [-0.2, -0.15) is 4.99 Å². The van der Waals surface area contributed by atoms with Gasteiger partial charge in [0.05, 0.1) is 13.2 Å². The Morgan fingerprint density at radius 3 is 2.62 bits per heavy atom. The van der Waals surface area contributed by atoms with Gasteiger partial charge < -0.3 is 10.5 Å². The van der Waals surface area contributed by atoms with Gasteiger partial charge in [0.25, 0.3) is 0 Å². The molecule has 6 atom stereocenters. The molecule has 0 amide bonds. The van der Waals surface area contributed by atoms with Crippen molar-refractivity contribution < 1.29 is 9.13 Å². The molecule has 0 spiro atoms. The zero-order valence-corrected chi connectivity index (χ0v) is 21.0. The number of rotatable bonds is 7. The summed E-state index contributed by atoms with van der Waals surface area (Å²) in [7, 11) is 1.47. The summed E-state index contributed by atoms with van der Waals surface area (Å²) in [5.74, 6) is 1.27. The smallest absolute Gasteiger partial charge is 0.248 e. The number of guanidine groups is 1. The number of likely N-dealkylation sites (tertiary alicyclic amines) is 1. The van der Waals surface area contributed by atoms with Crippen LogP contribution in [-0.4, -0.2) is 67.7 Å². The normalized spacial score (nSPS) is 34.8. The molecule has 2 heterocycles. The molecule has 2 fully saturated rings. The average Bonchev–Trinajstić information content (AvgIpc) is 3.27. The number of benzene rings is 1. The monoisotopic (exact) mass is 476 g/mol. The second-order valence-electron chi connectivity index (χ2n) is 10.3. The maximum Gasteiger partial charge on any atom is 0.248 e. The number of halogens is 1. The highest BCUT2D eigenvalue weighted by atomic mass is 19.1. The first-order valence-electron chi connectivity index (χ1n) is 12.9. The van der Waals surface area contributed by atoms with E-state index < -0.39 is 18.4 Å². The largest absolute Gasteiger partial charge is 0.494 e. The molecule has 0 aromatic heterocycles. The van der Waals surface area contributed by atoms with Crippen molar-refractivity contribution in [2.24, 2.45) is 34.0 Å². The molecule has 34 heavy (non-hydrogen) atoms. The number of aliphatic imine (C=N–C) groups is 1. The zero-order valence-electron chi connectivity index (χ0n) is 21.0. The molecule has 0 radical (unpaired) electrons. The maximum absolute atomic E-state index is 15.0. The molecule has 2 aliphatic heterocycles. The second kappa shape index (κ2) is 10.4. The Hall–Kier alpha value is -1.94. The Labute approximate surface area is 203 Å². The summed E-state index contributed by atoms with van der Waals surface area (Å²) in [6.45, 7) is 7.90. The van der Waals surface area contributed by atoms with Crippen LogP contribution in [0.2, 0.25) is 0 Å². The lowest BCUT2D eigenvalue weighted by atomic mass is 9.80. The summed E-state index contributed by atoms with van der Waals surface area (Å²) < 4.78 is 20.3. The number of likely N-dealkylation sites (N-methyl/N-ethyl adjacent to an activating group) is 1. The number of hydrogen-bond acceptors (Lipinski definition) is 7. The number of quaternary nitrogens is 1. The van der Waals surface area contributed by atoms with Crippen LogP contribution in [0.3, 0.4) is 0 Å². The van der Waals surface area contributed by atoms with Crippen molar-refractivity contribution in [2.75, 3.05) is 33.3 Å². The summed E-state index contributed by atoms with van der Waals surface area (Å²) >= 11 is 0. The van der Waals surface area contributed by atoms with Crippen molar-refractivity contribution in [1.82, 2.24) is 14.3 Å². The minimum absolute atomic E-state index is 0.143. The average molecular weight is 477 g/mol. The molecular weight excluding hydrogens is 433 g/mol. The Balaban J connectivity index is 1.76. The van der Waals surface area contributed by atoms with Crippen LogP contribution in [0.5, 0.6) is 5.75 Å². The van der Waals surface area contributed by atoms with Gasteiger partial charge in [0.2, 0.25) is 18.5 Å². The first-order valence-corrected chi connectivity index (χ1v) is 12.9. The van der Waals surface area contributed by atoms with E-state index in [1.54, 1.807) is 6.07 Å². The van der Waals surface area contributed by atoms with Gasteiger partial charge >= 0.3 is 0 Å². The third kappa shape index (κ3) is 4.51. The fourth-order valence-electron chi connectivity index (χ4n) is 6.38. The van der Waals surface area contributed by atoms with Gasteiger partial charge in [-0.3, -0.25) is 21.3 Å². The van der Waals surface area contributed by atoms with E-state index in [-0.39, 0.29) is 16.3 Å². The number of nitrogens with zero attached hydrogens (tertiary/aromatic N) is 4. The van der Waals surface area contributed by atoms with Crippen LogP contribution in [0, 0.1) is 17.7 Å². The molecule has 190 valence electrons. The molecule has 1 aromatic carbocycles. The summed E-state index contributed by atoms with van der Waals surface area (Å²) in [5.41, 5.74) is 21.0. The van der Waals surface area contributed by atoms with Crippen LogP contribution in [-0.2, 0) is 0 Å². The first-order chi connectivity index (χ1) is 16.3. The summed E-state index contributed by atoms with van der Waals surface area (Å²) in [5, 5.41) is 0. The number of methoxy groups -OCH3 is 1. The van der Waals surface area contributed by atoms with Crippen LogP contribution >= 0.6 is 0 Å². The lowest BCUT2D eigenvalue weighted by molar-refractivity contribution is 0.0141. The van der Waals surface area contributed by atoms with E-state index in [9.17, 15) is 4.39 Å². The van der Waals surface area contributed by atoms with Crippen molar-refractivity contribution in [2.45, 2.75) is 71.0 Å². The maximum atomic E-state index is 15.0. The van der Waals surface area contributed by atoms with Gasteiger partial charge in [-0.25, -0.2) is 8.87 Å². The lowest BCUT2D eigenvalue weighted by Crippen LogP contribution is -2.79. The van der Waals surface area contributed by atoms with E-state index in [1.807, 2.05) is 11.0 Å². The molecule has 1 aliphatic carbocycles. The van der Waals surface area contributed by atoms with Crippen LogP contribution in [0.15, 0.2) is 23.2 Å². The van der Waals surface area contributed by atoms with Crippen molar-refractivity contribution >= 4 is 11.6 Å². The minimum Gasteiger partial charge on any atom is -0.494 e. The van der Waals surface area contributed by atoms with Gasteiger partial charge in [-0.1, -0.05) is 33.1 Å². The van der Waals surface area contributed by atoms with Crippen molar-refractivity contribution in [1.29, 1.82) is 0 Å². The van der Waals surface area contributed by atoms with Crippen LogP contribution in [0.4, 0.5) is 10.1 Å². The highest BCUT2D eigenvalue weighted by Crippen LogP contribution is 2.38. The molecule has 6 N–H and O–H groups in total. The summed E-state index contributed by atoms with van der Waals surface area (Å²) in [4.78, 5) is 9.22. The van der Waals surface area contributed by atoms with Crippen molar-refractivity contribution in [3.05, 3.63) is 24.0 Å². The molecule has 0 bridgehead atoms. The quantitative estimate of drug-likeness (QED) is 0.522. The molecule has 1 aromatic rings. The third-order valence-corrected chi connectivity index (χ3v) is 8.58. The Bertz CT molecular complexity index is 883. The van der Waals surface area contributed by atoms with E-state index in [4.69, 9.17) is 26.9 Å². The highest BCUT2D eigenvalue weighted by molar-refractivity contribution is 5.80. The molecule has 6 unspecified atom stereocenters. The molecule has 1 saturated carbocycles. The number of nitrogens with two attached hydrogens (primary N) is 3. The lowest BCUT2D eigenvalue weighted by Gasteiger charge is -2.53. The van der Waals surface area contributed by atoms with Crippen molar-refractivity contribution in [3.63, 3.8) is 0 Å². The molecule has 1 saturated heterocycles. The van der Waals surface area contributed by atoms with Crippen molar-refractivity contribution in [3.8, 4) is 5.75 Å². The van der Waals surface area contributed by atoms with E-state index >= 15 is 0 Å². The van der Waals surface area contributed by atoms with Gasteiger partial charge in [-0.15, -0.1) is 0 Å². The van der Waals surface area contributed by atoms with Crippen LogP contribution < -0.4 is 26.4 Å². The fourth-order valence-corrected chi connectivity index (χ4v) is 6.38. The highest BCUT2D eigenvalue weighted by Gasteiger charge is 2.52. The number of ether oxygens (including phenoxy) is 1. The topological polar surface area (TPSA) is 106 Å². The Kier molecular flexibility index (Phi) is 7.66. The minimum atomic E-state index is -0.720. The molecule has 9 heteroatoms. The van der Waals surface area contributed by atoms with Gasteiger partial charge in [0.15, 0.2) is 11.6 Å². The van der Waals surface area contributed by atoms with Crippen LogP contribution in [0.1, 0.15) is 52.4 Å². The Morgan fingerprint density at radius 2 is 1.94 bits per heavy atom. The SMILES string of the molecule is CCN1CCCC1C[N+]1(c2ccc(OC)c(F)c2)C(N)N=C(N)N(CC2CCCCC2C)C1N. The molecule has 8 nitrogen and oxygen atoms in total. The molecule has 4 rings (SSSR count). The van der Waals surface area contributed by atoms with E-state index in [0.717, 1.165) is 38.9 Å². The van der Waals surface area contributed by atoms with Crippen LogP contribution in [0.25, 0.3) is 0 Å². The summed E-state index contributed by atoms with van der Waals surface area (Å²) in [6, 6.07) is 5.34. The molecular formula is C25H43FN7O+. The van der Waals surface area contributed by atoms with Gasteiger partial charge in [-0.05, 0) is 50.3 Å². The fraction of sp³-hybridized carbons (Fsp3) is 0.720. The third-order valence-electron chi connectivity index (χ3n) is 8.58. The Morgan fingerprint density at radius 1 is 1.18 bits per heavy atom. The van der Waals surface area contributed by atoms with E-state index in [1.165, 1.54) is 32.4 Å². The van der Waals surface area contributed by atoms with E-state index in [0.29, 0.717) is 30.0 Å². The second-order valence-corrected chi connectivity index (χ2v) is 10.3. The first kappa shape index (κ1) is 25.2. The predicted octanol–water partition coefficient (Wildman–Crippen LogP) is 2.57. The number of hydrogen-bond donors (Lipinski definition) is 3. The van der Waals surface area contributed by atoms with Gasteiger partial charge in [0, 0.05) is 18.7 Å². The van der Waals surface area contributed by atoms with Gasteiger partial charge in [0.1, 0.15) is 12.2 Å². The predicted molar refractivity (Wildman–Crippen MR) is 135 cm³/mol. The molecule has 3 aliphatic rings.